The SMILES string of the molecule is CC(C)(N)CNC(=O)COc1ccc2c(-c3c(-c4ccccn4)nn4c3CCC4)ccnc2c1. The first-order valence-electron chi connectivity index (χ1n) is 11.5. The summed E-state index contributed by atoms with van der Waals surface area (Å²) in [6, 6.07) is 13.7. The number of hydrogen-bond acceptors (Lipinski definition) is 6. The van der Waals surface area contributed by atoms with Crippen LogP contribution in [0.15, 0.2) is 54.9 Å². The Kier molecular flexibility index (Phi) is 5.75. The highest BCUT2D eigenvalue weighted by Gasteiger charge is 2.25. The van der Waals surface area contributed by atoms with Gasteiger partial charge in [-0.25, -0.2) is 0 Å². The molecule has 3 N–H and O–H groups in total. The van der Waals surface area contributed by atoms with Gasteiger partial charge in [0.25, 0.3) is 5.91 Å². The Morgan fingerprint density at radius 3 is 2.85 bits per heavy atom. The van der Waals surface area contributed by atoms with Crippen LogP contribution in [0.5, 0.6) is 5.75 Å². The smallest absolute Gasteiger partial charge is 0.258 e. The summed E-state index contributed by atoms with van der Waals surface area (Å²) in [5.74, 6) is 0.375. The summed E-state index contributed by atoms with van der Waals surface area (Å²) >= 11 is 0. The van der Waals surface area contributed by atoms with Crippen LogP contribution in [0.3, 0.4) is 0 Å². The zero-order valence-corrected chi connectivity index (χ0v) is 19.4. The van der Waals surface area contributed by atoms with Crippen LogP contribution in [-0.4, -0.2) is 44.3 Å². The van der Waals surface area contributed by atoms with Gasteiger partial charge in [-0.3, -0.25) is 19.4 Å². The summed E-state index contributed by atoms with van der Waals surface area (Å²) < 4.78 is 7.82. The molecule has 8 heteroatoms. The van der Waals surface area contributed by atoms with Crippen LogP contribution in [0.25, 0.3) is 33.4 Å². The van der Waals surface area contributed by atoms with Crippen molar-refractivity contribution >= 4 is 16.8 Å². The number of aromatic nitrogens is 4. The molecule has 4 aromatic rings. The van der Waals surface area contributed by atoms with E-state index in [-0.39, 0.29) is 12.5 Å². The van der Waals surface area contributed by atoms with E-state index >= 15 is 0 Å². The minimum absolute atomic E-state index is 0.0813. The van der Waals surface area contributed by atoms with Crippen molar-refractivity contribution in [1.29, 1.82) is 0 Å². The van der Waals surface area contributed by atoms with Crippen LogP contribution in [0.1, 0.15) is 26.0 Å². The highest BCUT2D eigenvalue weighted by molar-refractivity contribution is 5.99. The van der Waals surface area contributed by atoms with Crippen molar-refractivity contribution in [2.75, 3.05) is 13.2 Å². The summed E-state index contributed by atoms with van der Waals surface area (Å²) in [4.78, 5) is 21.2. The molecule has 1 aromatic carbocycles. The van der Waals surface area contributed by atoms with E-state index in [1.54, 1.807) is 12.4 Å². The monoisotopic (exact) mass is 456 g/mol. The van der Waals surface area contributed by atoms with Crippen molar-refractivity contribution in [2.45, 2.75) is 38.8 Å². The van der Waals surface area contributed by atoms with Crippen LogP contribution in [0, 0.1) is 0 Å². The number of benzene rings is 1. The Balaban J connectivity index is 1.46. The lowest BCUT2D eigenvalue weighted by atomic mass is 9.96. The Labute approximate surface area is 198 Å². The fraction of sp³-hybridized carbons (Fsp3) is 0.308. The molecule has 0 spiro atoms. The van der Waals surface area contributed by atoms with Gasteiger partial charge < -0.3 is 15.8 Å². The van der Waals surface area contributed by atoms with Gasteiger partial charge in [0, 0.05) is 53.7 Å². The van der Waals surface area contributed by atoms with Gasteiger partial charge in [0.15, 0.2) is 6.61 Å². The molecule has 0 aliphatic carbocycles. The van der Waals surface area contributed by atoms with Gasteiger partial charge >= 0.3 is 0 Å². The Morgan fingerprint density at radius 2 is 2.06 bits per heavy atom. The Morgan fingerprint density at radius 1 is 1.18 bits per heavy atom. The lowest BCUT2D eigenvalue weighted by molar-refractivity contribution is -0.123. The molecule has 1 aliphatic rings. The number of amides is 1. The molecule has 1 amide bonds. The van der Waals surface area contributed by atoms with Crippen LogP contribution >= 0.6 is 0 Å². The van der Waals surface area contributed by atoms with Gasteiger partial charge in [-0.2, -0.15) is 5.10 Å². The minimum atomic E-state index is -0.471. The second kappa shape index (κ2) is 8.87. The molecule has 0 saturated heterocycles. The molecule has 0 bridgehead atoms. The molecule has 0 fully saturated rings. The van der Waals surface area contributed by atoms with Crippen molar-refractivity contribution in [3.8, 4) is 28.3 Å². The normalized spacial score (nSPS) is 13.1. The number of fused-ring (bicyclic) bond motifs is 2. The van der Waals surface area contributed by atoms with Crippen LogP contribution in [0.2, 0.25) is 0 Å². The predicted octanol–water partition coefficient (Wildman–Crippen LogP) is 3.34. The number of carbonyl (C=O) groups excluding carboxylic acids is 1. The predicted molar refractivity (Wildman–Crippen MR) is 131 cm³/mol. The number of ether oxygens (including phenoxy) is 1. The van der Waals surface area contributed by atoms with Gasteiger partial charge in [0.2, 0.25) is 0 Å². The zero-order chi connectivity index (χ0) is 23.7. The largest absolute Gasteiger partial charge is 0.484 e. The second-order valence-corrected chi connectivity index (χ2v) is 9.30. The molecule has 5 rings (SSSR count). The third kappa shape index (κ3) is 4.49. The fourth-order valence-corrected chi connectivity index (χ4v) is 4.26. The minimum Gasteiger partial charge on any atom is -0.484 e. The molecule has 0 unspecified atom stereocenters. The lowest BCUT2D eigenvalue weighted by Crippen LogP contribution is -2.46. The van der Waals surface area contributed by atoms with Gasteiger partial charge in [0.1, 0.15) is 11.4 Å². The first-order chi connectivity index (χ1) is 16.4. The first kappa shape index (κ1) is 22.0. The molecule has 34 heavy (non-hydrogen) atoms. The average molecular weight is 457 g/mol. The average Bonchev–Trinajstić information content (AvgIpc) is 3.42. The molecule has 4 heterocycles. The molecule has 0 saturated carbocycles. The Hall–Kier alpha value is -3.78. The summed E-state index contributed by atoms with van der Waals surface area (Å²) in [6.45, 7) is 4.93. The number of rotatable bonds is 7. The number of pyridine rings is 2. The van der Waals surface area contributed by atoms with Crippen LogP contribution in [0.4, 0.5) is 0 Å². The van der Waals surface area contributed by atoms with Crippen molar-refractivity contribution in [3.05, 3.63) is 60.6 Å². The summed E-state index contributed by atoms with van der Waals surface area (Å²) in [5.41, 5.74) is 11.4. The number of nitrogens with two attached hydrogens (primary N) is 1. The van der Waals surface area contributed by atoms with Crippen molar-refractivity contribution in [2.24, 2.45) is 5.73 Å². The second-order valence-electron chi connectivity index (χ2n) is 9.30. The topological polar surface area (TPSA) is 108 Å². The molecule has 0 atom stereocenters. The van der Waals surface area contributed by atoms with Gasteiger partial charge in [0.05, 0.1) is 11.2 Å². The van der Waals surface area contributed by atoms with Crippen molar-refractivity contribution < 1.29 is 9.53 Å². The van der Waals surface area contributed by atoms with E-state index in [1.165, 1.54) is 5.69 Å². The number of nitrogens with zero attached hydrogens (tertiary/aromatic N) is 4. The molecule has 174 valence electrons. The molecular formula is C26H28N6O2. The maximum atomic E-state index is 12.1. The molecule has 3 aromatic heterocycles. The summed E-state index contributed by atoms with van der Waals surface area (Å²) in [5, 5.41) is 8.69. The maximum absolute atomic E-state index is 12.1. The number of aryl methyl sites for hydroxylation is 1. The third-order valence-electron chi connectivity index (χ3n) is 5.84. The lowest BCUT2D eigenvalue weighted by Gasteiger charge is -2.18. The van der Waals surface area contributed by atoms with Crippen LogP contribution in [-0.2, 0) is 17.8 Å². The number of nitrogens with one attached hydrogen (secondary N) is 1. The van der Waals surface area contributed by atoms with Crippen molar-refractivity contribution in [1.82, 2.24) is 25.1 Å². The molecule has 1 aliphatic heterocycles. The number of hydrogen-bond donors (Lipinski definition) is 2. The van der Waals surface area contributed by atoms with Gasteiger partial charge in [-0.05, 0) is 62.6 Å². The maximum Gasteiger partial charge on any atom is 0.258 e. The quantitative estimate of drug-likeness (QED) is 0.442. The van der Waals surface area contributed by atoms with E-state index in [2.05, 4.69) is 20.0 Å². The highest BCUT2D eigenvalue weighted by atomic mass is 16.5. The van der Waals surface area contributed by atoms with E-state index in [1.807, 2.05) is 56.3 Å². The standard InChI is InChI=1S/C26H28N6O2/c1-26(2,27)16-30-23(33)15-34-17-8-9-18-19(10-12-29-21(18)14-17)24-22-7-5-13-32(22)31-25(24)20-6-3-4-11-28-20/h3-4,6,8-12,14H,5,7,13,15-16,27H2,1-2H3,(H,30,33). The summed E-state index contributed by atoms with van der Waals surface area (Å²) in [6.07, 6.45) is 5.67. The molecular weight excluding hydrogens is 428 g/mol. The van der Waals surface area contributed by atoms with Crippen LogP contribution < -0.4 is 15.8 Å². The zero-order valence-electron chi connectivity index (χ0n) is 19.4. The van der Waals surface area contributed by atoms with E-state index in [0.29, 0.717) is 12.3 Å². The van der Waals surface area contributed by atoms with E-state index in [0.717, 1.165) is 52.8 Å². The number of carbonyl (C=O) groups is 1. The summed E-state index contributed by atoms with van der Waals surface area (Å²) in [7, 11) is 0. The van der Waals surface area contributed by atoms with E-state index in [9.17, 15) is 4.79 Å². The first-order valence-corrected chi connectivity index (χ1v) is 11.5. The Bertz CT molecular complexity index is 1340. The highest BCUT2D eigenvalue weighted by Crippen LogP contribution is 2.40. The molecule has 8 nitrogen and oxygen atoms in total. The fourth-order valence-electron chi connectivity index (χ4n) is 4.26. The third-order valence-corrected chi connectivity index (χ3v) is 5.84. The van der Waals surface area contributed by atoms with Crippen molar-refractivity contribution in [3.63, 3.8) is 0 Å². The van der Waals surface area contributed by atoms with Gasteiger partial charge in [-0.15, -0.1) is 0 Å². The van der Waals surface area contributed by atoms with Gasteiger partial charge in [-0.1, -0.05) is 6.07 Å². The van der Waals surface area contributed by atoms with E-state index < -0.39 is 5.54 Å². The molecule has 0 radical (unpaired) electrons. The van der Waals surface area contributed by atoms with E-state index in [4.69, 9.17) is 15.6 Å².